The van der Waals surface area contributed by atoms with E-state index in [9.17, 15) is 40.9 Å². The highest BCUT2D eigenvalue weighted by Crippen LogP contribution is 2.29. The van der Waals surface area contributed by atoms with Gasteiger partial charge in [-0.15, -0.1) is 0 Å². The maximum absolute atomic E-state index is 10.2. The number of ether oxygens (including phenoxy) is 2. The van der Waals surface area contributed by atoms with Crippen LogP contribution in [-0.2, 0) is 9.47 Å². The molecule has 10 nitrogen and oxygen atoms in total. The summed E-state index contributed by atoms with van der Waals surface area (Å²) < 4.78 is 10.1. The van der Waals surface area contributed by atoms with Crippen molar-refractivity contribution in [3.63, 3.8) is 0 Å². The zero-order valence-corrected chi connectivity index (χ0v) is 11.7. The van der Waals surface area contributed by atoms with Crippen molar-refractivity contribution in [1.29, 1.82) is 0 Å². The Morgan fingerprint density at radius 2 is 1.09 bits per heavy atom. The van der Waals surface area contributed by atoms with Crippen molar-refractivity contribution in [3.8, 4) is 0 Å². The number of hydrogen-bond donors (Lipinski definition) is 8. The minimum atomic E-state index is -1.85. The summed E-state index contributed by atoms with van der Waals surface area (Å²) in [5.41, 5.74) is 0. The van der Waals surface area contributed by atoms with Gasteiger partial charge in [0.2, 0.25) is 0 Å². The van der Waals surface area contributed by atoms with Crippen LogP contribution >= 0.6 is 0 Å². The van der Waals surface area contributed by atoms with Crippen LogP contribution in [0.3, 0.4) is 0 Å². The van der Waals surface area contributed by atoms with Crippen LogP contribution < -0.4 is 0 Å². The molecule has 2 saturated heterocycles. The summed E-state index contributed by atoms with van der Waals surface area (Å²) in [5.74, 6) is 0. The highest BCUT2D eigenvalue weighted by molar-refractivity contribution is 5.00. The minimum absolute atomic E-state index is 0.917. The SMILES string of the molecule is C[C@H]1OC(C(O)[C@H]2OC(O)[C@H](O)[C@@H](O)[C@@H]2O)[C@@H](O)[C@@H](O)[C@@H]1O. The molecule has 0 aliphatic carbocycles. The van der Waals surface area contributed by atoms with Crippen LogP contribution in [0.5, 0.6) is 0 Å². The maximum Gasteiger partial charge on any atom is 0.184 e. The summed E-state index contributed by atoms with van der Waals surface area (Å²) in [6, 6.07) is 0. The molecule has 2 fully saturated rings. The predicted molar refractivity (Wildman–Crippen MR) is 67.3 cm³/mol. The summed E-state index contributed by atoms with van der Waals surface area (Å²) in [6.07, 6.45) is -17.5. The molecule has 0 bridgehead atoms. The van der Waals surface area contributed by atoms with E-state index in [1.807, 2.05) is 0 Å². The molecule has 2 rings (SSSR count). The highest BCUT2D eigenvalue weighted by atomic mass is 16.6. The fourth-order valence-corrected chi connectivity index (χ4v) is 2.72. The van der Waals surface area contributed by atoms with Gasteiger partial charge in [-0.05, 0) is 6.92 Å². The minimum Gasteiger partial charge on any atom is -0.388 e. The van der Waals surface area contributed by atoms with Crippen molar-refractivity contribution in [2.45, 2.75) is 74.3 Å². The van der Waals surface area contributed by atoms with E-state index in [1.165, 1.54) is 6.92 Å². The summed E-state index contributed by atoms with van der Waals surface area (Å²) in [5, 5.41) is 77.7. The molecule has 0 spiro atoms. The lowest BCUT2D eigenvalue weighted by Gasteiger charge is -2.46. The Morgan fingerprint density at radius 3 is 1.64 bits per heavy atom. The van der Waals surface area contributed by atoms with E-state index in [4.69, 9.17) is 9.47 Å². The Bertz CT molecular complexity index is 347. The van der Waals surface area contributed by atoms with Gasteiger partial charge in [0.25, 0.3) is 0 Å². The number of aliphatic hydroxyl groups is 8. The largest absolute Gasteiger partial charge is 0.388 e. The zero-order valence-electron chi connectivity index (χ0n) is 11.7. The van der Waals surface area contributed by atoms with Gasteiger partial charge in [-0.25, -0.2) is 0 Å². The molecule has 10 heteroatoms. The molecule has 0 aromatic heterocycles. The second-order valence-electron chi connectivity index (χ2n) is 5.73. The van der Waals surface area contributed by atoms with Crippen LogP contribution in [0, 0.1) is 0 Å². The molecule has 8 N–H and O–H groups in total. The second kappa shape index (κ2) is 6.61. The van der Waals surface area contributed by atoms with Gasteiger partial charge in [0.15, 0.2) is 6.29 Å². The highest BCUT2D eigenvalue weighted by Gasteiger charge is 2.52. The molecule has 3 unspecified atom stereocenters. The molecule has 0 aromatic rings. The average Bonchev–Trinajstić information content (AvgIpc) is 2.49. The summed E-state index contributed by atoms with van der Waals surface area (Å²) >= 11 is 0. The first-order valence-corrected chi connectivity index (χ1v) is 6.92. The summed E-state index contributed by atoms with van der Waals surface area (Å²) in [6.45, 7) is 1.41. The van der Waals surface area contributed by atoms with E-state index < -0.39 is 67.3 Å². The van der Waals surface area contributed by atoms with Crippen LogP contribution in [0.4, 0.5) is 0 Å². The molecular formula is C12H22O10. The number of hydrogen-bond acceptors (Lipinski definition) is 10. The topological polar surface area (TPSA) is 180 Å². The van der Waals surface area contributed by atoms with E-state index in [1.54, 1.807) is 0 Å². The fourth-order valence-electron chi connectivity index (χ4n) is 2.72. The van der Waals surface area contributed by atoms with Crippen molar-refractivity contribution in [2.75, 3.05) is 0 Å². The molecule has 22 heavy (non-hydrogen) atoms. The van der Waals surface area contributed by atoms with Crippen molar-refractivity contribution in [3.05, 3.63) is 0 Å². The van der Waals surface area contributed by atoms with Gasteiger partial charge >= 0.3 is 0 Å². The Morgan fingerprint density at radius 1 is 0.636 bits per heavy atom. The van der Waals surface area contributed by atoms with Gasteiger partial charge in [0.05, 0.1) is 6.10 Å². The van der Waals surface area contributed by atoms with E-state index in [0.717, 1.165) is 0 Å². The predicted octanol–water partition coefficient (Wildman–Crippen LogP) is -4.98. The lowest BCUT2D eigenvalue weighted by molar-refractivity contribution is -0.317. The molecule has 0 radical (unpaired) electrons. The Labute approximate surface area is 125 Å². The van der Waals surface area contributed by atoms with E-state index in [2.05, 4.69) is 0 Å². The molecular weight excluding hydrogens is 304 g/mol. The standard InChI is InChI=1S/C12H22O10/c1-2-3(13)4(14)6(16)10(21-2)9(19)11-7(17)5(15)8(18)12(20)22-11/h2-20H,1H3/t2-,3-,4+,5+,6+,7+,8-,9?,10?,11+,12?/m1/s1. The van der Waals surface area contributed by atoms with Gasteiger partial charge in [-0.3, -0.25) is 0 Å². The van der Waals surface area contributed by atoms with Gasteiger partial charge in [0.1, 0.15) is 54.9 Å². The van der Waals surface area contributed by atoms with Crippen molar-refractivity contribution in [2.24, 2.45) is 0 Å². The number of aliphatic hydroxyl groups excluding tert-OH is 8. The van der Waals surface area contributed by atoms with Crippen LogP contribution in [0.15, 0.2) is 0 Å². The number of rotatable bonds is 2. The van der Waals surface area contributed by atoms with Crippen LogP contribution in [0.2, 0.25) is 0 Å². The third-order valence-corrected chi connectivity index (χ3v) is 4.19. The van der Waals surface area contributed by atoms with Gasteiger partial charge in [-0.1, -0.05) is 0 Å². The maximum atomic E-state index is 10.2. The molecule has 2 heterocycles. The first kappa shape index (κ1) is 17.9. The molecule has 0 aromatic carbocycles. The third-order valence-electron chi connectivity index (χ3n) is 4.19. The summed E-state index contributed by atoms with van der Waals surface area (Å²) in [4.78, 5) is 0. The molecule has 0 amide bonds. The normalized spacial score (nSPS) is 55.0. The molecule has 11 atom stereocenters. The monoisotopic (exact) mass is 326 g/mol. The smallest absolute Gasteiger partial charge is 0.184 e. The second-order valence-corrected chi connectivity index (χ2v) is 5.73. The fraction of sp³-hybridized carbons (Fsp3) is 1.00. The zero-order chi connectivity index (χ0) is 16.8. The van der Waals surface area contributed by atoms with Crippen molar-refractivity contribution in [1.82, 2.24) is 0 Å². The van der Waals surface area contributed by atoms with Crippen LogP contribution in [-0.4, -0.2) is 108 Å². The van der Waals surface area contributed by atoms with Gasteiger partial charge in [-0.2, -0.15) is 0 Å². The Kier molecular flexibility index (Phi) is 5.39. The summed E-state index contributed by atoms with van der Waals surface area (Å²) in [7, 11) is 0. The van der Waals surface area contributed by atoms with Crippen LogP contribution in [0.25, 0.3) is 0 Å². The first-order valence-electron chi connectivity index (χ1n) is 6.92. The lowest BCUT2D eigenvalue weighted by atomic mass is 9.87. The molecule has 130 valence electrons. The van der Waals surface area contributed by atoms with Crippen molar-refractivity contribution < 1.29 is 50.3 Å². The van der Waals surface area contributed by atoms with Crippen LogP contribution in [0.1, 0.15) is 6.92 Å². The van der Waals surface area contributed by atoms with Crippen molar-refractivity contribution >= 4 is 0 Å². The molecule has 2 aliphatic heterocycles. The third kappa shape index (κ3) is 2.99. The molecule has 0 saturated carbocycles. The first-order chi connectivity index (χ1) is 10.2. The van der Waals surface area contributed by atoms with E-state index >= 15 is 0 Å². The Hall–Kier alpha value is -0.400. The van der Waals surface area contributed by atoms with E-state index in [0.29, 0.717) is 0 Å². The Balaban J connectivity index is 2.14. The van der Waals surface area contributed by atoms with E-state index in [-0.39, 0.29) is 0 Å². The van der Waals surface area contributed by atoms with Gasteiger partial charge in [0, 0.05) is 0 Å². The lowest BCUT2D eigenvalue weighted by Crippen LogP contribution is -2.67. The average molecular weight is 326 g/mol. The molecule has 2 aliphatic rings. The van der Waals surface area contributed by atoms with Gasteiger partial charge < -0.3 is 50.3 Å². The quantitative estimate of drug-likeness (QED) is 0.245.